The van der Waals surface area contributed by atoms with Gasteiger partial charge in [-0.05, 0) is 38.7 Å². The van der Waals surface area contributed by atoms with Gasteiger partial charge in [-0.2, -0.15) is 0 Å². The largest absolute Gasteiger partial charge is 0.357 e. The van der Waals surface area contributed by atoms with E-state index in [1.54, 1.807) is 0 Å². The average Bonchev–Trinajstić information content (AvgIpc) is 2.63. The fraction of sp³-hybridized carbons (Fsp3) is 0.600. The van der Waals surface area contributed by atoms with Gasteiger partial charge in [-0.1, -0.05) is 37.3 Å². The minimum atomic E-state index is 0.186. The molecule has 1 aromatic carbocycles. The molecular formula is C20H34N4O. The molecule has 5 heteroatoms. The highest BCUT2D eigenvalue weighted by molar-refractivity contribution is 5.81. The summed E-state index contributed by atoms with van der Waals surface area (Å²) in [4.78, 5) is 18.5. The van der Waals surface area contributed by atoms with Gasteiger partial charge in [0.2, 0.25) is 5.91 Å². The van der Waals surface area contributed by atoms with E-state index in [9.17, 15) is 4.79 Å². The van der Waals surface area contributed by atoms with Gasteiger partial charge >= 0.3 is 0 Å². The second-order valence-electron chi connectivity index (χ2n) is 6.10. The van der Waals surface area contributed by atoms with Gasteiger partial charge in [0.1, 0.15) is 0 Å². The predicted octanol–water partition coefficient (Wildman–Crippen LogP) is 2.99. The lowest BCUT2D eigenvalue weighted by Gasteiger charge is -2.19. The maximum absolute atomic E-state index is 12.0. The van der Waals surface area contributed by atoms with Crippen molar-refractivity contribution < 1.29 is 4.79 Å². The molecule has 0 heterocycles. The SMILES string of the molecule is CCNC(=NCCC(C)c1ccccc1)NCCC(=O)N(CC)CC. The Balaban J connectivity index is 2.42. The number of benzene rings is 1. The summed E-state index contributed by atoms with van der Waals surface area (Å²) in [5.74, 6) is 1.46. The third-order valence-corrected chi connectivity index (χ3v) is 4.29. The molecule has 0 radical (unpaired) electrons. The molecule has 0 aliphatic rings. The molecule has 1 rings (SSSR count). The smallest absolute Gasteiger partial charge is 0.224 e. The van der Waals surface area contributed by atoms with Crippen molar-refractivity contribution in [3.05, 3.63) is 35.9 Å². The van der Waals surface area contributed by atoms with Crippen LogP contribution in [0.25, 0.3) is 0 Å². The maximum atomic E-state index is 12.0. The molecule has 0 aromatic heterocycles. The lowest BCUT2D eigenvalue weighted by atomic mass is 9.98. The van der Waals surface area contributed by atoms with Crippen molar-refractivity contribution in [2.75, 3.05) is 32.7 Å². The normalized spacial score (nSPS) is 12.6. The lowest BCUT2D eigenvalue weighted by Crippen LogP contribution is -2.40. The van der Waals surface area contributed by atoms with Crippen molar-refractivity contribution in [3.63, 3.8) is 0 Å². The van der Waals surface area contributed by atoms with Gasteiger partial charge in [0.05, 0.1) is 0 Å². The second kappa shape index (κ2) is 12.3. The first-order chi connectivity index (χ1) is 12.1. The van der Waals surface area contributed by atoms with Crippen molar-refractivity contribution in [1.29, 1.82) is 0 Å². The first kappa shape index (κ1) is 21.0. The number of rotatable bonds is 10. The predicted molar refractivity (Wildman–Crippen MR) is 106 cm³/mol. The summed E-state index contributed by atoms with van der Waals surface area (Å²) >= 11 is 0. The highest BCUT2D eigenvalue weighted by Crippen LogP contribution is 2.17. The quantitative estimate of drug-likeness (QED) is 0.506. The first-order valence-corrected chi connectivity index (χ1v) is 9.47. The van der Waals surface area contributed by atoms with Crippen LogP contribution >= 0.6 is 0 Å². The summed E-state index contributed by atoms with van der Waals surface area (Å²) in [6.45, 7) is 12.0. The summed E-state index contributed by atoms with van der Waals surface area (Å²) in [5.41, 5.74) is 1.35. The molecule has 0 saturated carbocycles. The van der Waals surface area contributed by atoms with Gasteiger partial charge in [0.15, 0.2) is 5.96 Å². The monoisotopic (exact) mass is 346 g/mol. The Hall–Kier alpha value is -2.04. The molecule has 0 aliphatic carbocycles. The topological polar surface area (TPSA) is 56.7 Å². The van der Waals surface area contributed by atoms with Crippen molar-refractivity contribution >= 4 is 11.9 Å². The zero-order valence-corrected chi connectivity index (χ0v) is 16.2. The van der Waals surface area contributed by atoms with Gasteiger partial charge in [-0.15, -0.1) is 0 Å². The van der Waals surface area contributed by atoms with Gasteiger partial charge < -0.3 is 15.5 Å². The van der Waals surface area contributed by atoms with Gasteiger partial charge in [0, 0.05) is 39.1 Å². The van der Waals surface area contributed by atoms with Crippen LogP contribution in [0.2, 0.25) is 0 Å². The first-order valence-electron chi connectivity index (χ1n) is 9.47. The van der Waals surface area contributed by atoms with E-state index in [-0.39, 0.29) is 5.91 Å². The number of hydrogen-bond donors (Lipinski definition) is 2. The highest BCUT2D eigenvalue weighted by atomic mass is 16.2. The van der Waals surface area contributed by atoms with Crippen LogP contribution in [0, 0.1) is 0 Å². The molecule has 2 N–H and O–H groups in total. The van der Waals surface area contributed by atoms with Crippen LogP contribution in [-0.4, -0.2) is 49.5 Å². The molecule has 0 spiro atoms. The Labute approximate surface area is 152 Å². The fourth-order valence-electron chi connectivity index (χ4n) is 2.68. The maximum Gasteiger partial charge on any atom is 0.224 e. The van der Waals surface area contributed by atoms with E-state index in [2.05, 4.69) is 46.8 Å². The van der Waals surface area contributed by atoms with E-state index >= 15 is 0 Å². The van der Waals surface area contributed by atoms with Crippen LogP contribution in [-0.2, 0) is 4.79 Å². The molecule has 1 aromatic rings. The zero-order chi connectivity index (χ0) is 18.5. The van der Waals surface area contributed by atoms with Gasteiger partial charge in [-0.3, -0.25) is 9.79 Å². The summed E-state index contributed by atoms with van der Waals surface area (Å²) in [6, 6.07) is 10.5. The number of amides is 1. The molecule has 1 atom stereocenters. The van der Waals surface area contributed by atoms with Crippen LogP contribution < -0.4 is 10.6 Å². The molecule has 0 fully saturated rings. The fourth-order valence-corrected chi connectivity index (χ4v) is 2.68. The number of hydrogen-bond acceptors (Lipinski definition) is 2. The van der Waals surface area contributed by atoms with Crippen molar-refractivity contribution in [2.24, 2.45) is 4.99 Å². The standard InChI is InChI=1S/C20H34N4O/c1-5-21-20(23-16-14-19(25)24(6-2)7-3)22-15-13-17(4)18-11-9-8-10-12-18/h8-12,17H,5-7,13-16H2,1-4H3,(H2,21,22,23). The number of nitrogens with one attached hydrogen (secondary N) is 2. The summed E-state index contributed by atoms with van der Waals surface area (Å²) in [6.07, 6.45) is 1.49. The van der Waals surface area contributed by atoms with Crippen molar-refractivity contribution in [3.8, 4) is 0 Å². The minimum absolute atomic E-state index is 0.186. The highest BCUT2D eigenvalue weighted by Gasteiger charge is 2.09. The molecule has 0 aliphatic heterocycles. The summed E-state index contributed by atoms with van der Waals surface area (Å²) in [5, 5.41) is 6.50. The second-order valence-corrected chi connectivity index (χ2v) is 6.10. The van der Waals surface area contributed by atoms with Gasteiger partial charge in [0.25, 0.3) is 0 Å². The molecule has 25 heavy (non-hydrogen) atoms. The number of carbonyl (C=O) groups excluding carboxylic acids is 1. The number of guanidine groups is 1. The van der Waals surface area contributed by atoms with Crippen LogP contribution in [0.4, 0.5) is 0 Å². The Kier molecular flexibility index (Phi) is 10.4. The minimum Gasteiger partial charge on any atom is -0.357 e. The molecular weight excluding hydrogens is 312 g/mol. The van der Waals surface area contributed by atoms with E-state index in [1.165, 1.54) is 5.56 Å². The van der Waals surface area contributed by atoms with Crippen molar-refractivity contribution in [1.82, 2.24) is 15.5 Å². The summed E-state index contributed by atoms with van der Waals surface area (Å²) < 4.78 is 0. The van der Waals surface area contributed by atoms with E-state index < -0.39 is 0 Å². The van der Waals surface area contributed by atoms with E-state index in [4.69, 9.17) is 0 Å². The number of nitrogens with zero attached hydrogens (tertiary/aromatic N) is 2. The molecule has 0 saturated heterocycles. The Morgan fingerprint density at radius 1 is 1.12 bits per heavy atom. The zero-order valence-electron chi connectivity index (χ0n) is 16.2. The lowest BCUT2D eigenvalue weighted by molar-refractivity contribution is -0.130. The molecule has 140 valence electrons. The Morgan fingerprint density at radius 3 is 2.40 bits per heavy atom. The molecule has 5 nitrogen and oxygen atoms in total. The number of carbonyl (C=O) groups is 1. The van der Waals surface area contributed by atoms with Gasteiger partial charge in [-0.25, -0.2) is 0 Å². The van der Waals surface area contributed by atoms with Crippen LogP contribution in [0.3, 0.4) is 0 Å². The van der Waals surface area contributed by atoms with Crippen LogP contribution in [0.5, 0.6) is 0 Å². The Morgan fingerprint density at radius 2 is 1.80 bits per heavy atom. The molecule has 1 amide bonds. The number of aliphatic imine (C=N–C) groups is 1. The van der Waals surface area contributed by atoms with Crippen LogP contribution in [0.1, 0.15) is 52.0 Å². The molecule has 1 unspecified atom stereocenters. The van der Waals surface area contributed by atoms with E-state index in [0.717, 1.165) is 38.6 Å². The van der Waals surface area contributed by atoms with E-state index in [0.29, 0.717) is 18.9 Å². The van der Waals surface area contributed by atoms with E-state index in [1.807, 2.05) is 31.7 Å². The van der Waals surface area contributed by atoms with Crippen molar-refractivity contribution in [2.45, 2.75) is 46.5 Å². The summed E-state index contributed by atoms with van der Waals surface area (Å²) in [7, 11) is 0. The Bertz CT molecular complexity index is 512. The molecule has 0 bridgehead atoms. The average molecular weight is 347 g/mol. The van der Waals surface area contributed by atoms with Crippen LogP contribution in [0.15, 0.2) is 35.3 Å². The third kappa shape index (κ3) is 8.05. The third-order valence-electron chi connectivity index (χ3n) is 4.29.